The molecule has 0 saturated carbocycles. The van der Waals surface area contributed by atoms with E-state index in [1.54, 1.807) is 13.8 Å². The molecular formula is C16H34O8. The van der Waals surface area contributed by atoms with Crippen LogP contribution < -0.4 is 0 Å². The van der Waals surface area contributed by atoms with Gasteiger partial charge in [-0.1, -0.05) is 13.8 Å². The summed E-state index contributed by atoms with van der Waals surface area (Å²) in [5.41, 5.74) is 0. The highest BCUT2D eigenvalue weighted by Gasteiger charge is 2.01. The summed E-state index contributed by atoms with van der Waals surface area (Å²) in [5, 5.41) is 32.9. The van der Waals surface area contributed by atoms with Crippen LogP contribution >= 0.6 is 0 Å². The second-order valence-electron chi connectivity index (χ2n) is 5.08. The lowest BCUT2D eigenvalue weighted by Crippen LogP contribution is -2.19. The zero-order valence-corrected chi connectivity index (χ0v) is 15.2. The number of ether oxygens (including phenoxy) is 2. The van der Waals surface area contributed by atoms with E-state index in [2.05, 4.69) is 13.8 Å². The molecule has 0 spiro atoms. The van der Waals surface area contributed by atoms with Gasteiger partial charge >= 0.3 is 11.9 Å². The maximum atomic E-state index is 9.64. The average molecular weight is 354 g/mol. The molecule has 0 aliphatic rings. The lowest BCUT2D eigenvalue weighted by Gasteiger charge is -2.10. The van der Waals surface area contributed by atoms with Crippen LogP contribution in [0, 0.1) is 0 Å². The second kappa shape index (κ2) is 21.8. The predicted octanol–water partition coefficient (Wildman–Crippen LogP) is 1.52. The minimum Gasteiger partial charge on any atom is -0.481 e. The zero-order chi connectivity index (χ0) is 19.4. The van der Waals surface area contributed by atoms with Gasteiger partial charge in [-0.3, -0.25) is 9.59 Å². The molecule has 8 nitrogen and oxygen atoms in total. The molecule has 0 fully saturated rings. The molecule has 8 heteroatoms. The molecular weight excluding hydrogens is 320 g/mol. The zero-order valence-electron chi connectivity index (χ0n) is 15.2. The predicted molar refractivity (Wildman–Crippen MR) is 90.1 cm³/mol. The van der Waals surface area contributed by atoms with Crippen molar-refractivity contribution < 1.29 is 39.5 Å². The number of aliphatic carboxylic acids is 2. The Morgan fingerprint density at radius 3 is 1.62 bits per heavy atom. The van der Waals surface area contributed by atoms with Gasteiger partial charge < -0.3 is 29.9 Å². The molecule has 2 atom stereocenters. The van der Waals surface area contributed by atoms with Gasteiger partial charge in [0.05, 0.1) is 38.3 Å². The first kappa shape index (κ1) is 27.6. The highest BCUT2D eigenvalue weighted by molar-refractivity contribution is 5.75. The Balaban J connectivity index is -0.000000278. The molecule has 0 radical (unpaired) electrons. The van der Waals surface area contributed by atoms with Crippen molar-refractivity contribution in [1.82, 2.24) is 0 Å². The van der Waals surface area contributed by atoms with Crippen molar-refractivity contribution in [3.05, 3.63) is 0 Å². The van der Waals surface area contributed by atoms with Gasteiger partial charge in [0.2, 0.25) is 0 Å². The number of carbonyl (C=O) groups is 2. The molecule has 0 amide bonds. The second-order valence-corrected chi connectivity index (χ2v) is 5.08. The first-order valence-electron chi connectivity index (χ1n) is 8.12. The lowest BCUT2D eigenvalue weighted by atomic mass is 10.3. The van der Waals surface area contributed by atoms with Gasteiger partial charge in [-0.05, 0) is 26.7 Å². The fourth-order valence-electron chi connectivity index (χ4n) is 0.961. The number of hydrogen-bond acceptors (Lipinski definition) is 6. The first-order chi connectivity index (χ1) is 11.2. The molecule has 24 heavy (non-hydrogen) atoms. The molecule has 146 valence electrons. The van der Waals surface area contributed by atoms with Crippen LogP contribution in [0.2, 0.25) is 0 Å². The van der Waals surface area contributed by atoms with Crippen LogP contribution in [0.3, 0.4) is 0 Å². The molecule has 0 aromatic rings. The van der Waals surface area contributed by atoms with Crippen molar-refractivity contribution in [3.8, 4) is 0 Å². The summed E-state index contributed by atoms with van der Waals surface area (Å²) in [4.78, 5) is 19.3. The molecule has 0 rings (SSSR count). The fourth-order valence-corrected chi connectivity index (χ4v) is 0.961. The standard InChI is InChI=1S/C6H14O3.C6H14O.C4H6O4/c1-5(8)4-9-6(2)3-7;1-3-5-7-6-4-2;5-3(6)1-2-4(7)8/h5-8H,3-4H2,1-2H3;3-6H2,1-2H3;1-2H2,(H,5,6)(H,7,8). The molecule has 0 aromatic carbocycles. The average Bonchev–Trinajstić information content (AvgIpc) is 2.52. The summed E-state index contributed by atoms with van der Waals surface area (Å²) >= 11 is 0. The fraction of sp³-hybridized carbons (Fsp3) is 0.875. The topological polar surface area (TPSA) is 134 Å². The van der Waals surface area contributed by atoms with Crippen LogP contribution in [-0.2, 0) is 19.1 Å². The molecule has 0 bridgehead atoms. The Bertz CT molecular complexity index is 263. The number of aliphatic hydroxyl groups is 2. The largest absolute Gasteiger partial charge is 0.481 e. The van der Waals surface area contributed by atoms with Crippen LogP contribution in [0.15, 0.2) is 0 Å². The summed E-state index contributed by atoms with van der Waals surface area (Å²) in [6.45, 7) is 9.79. The maximum absolute atomic E-state index is 9.64. The van der Waals surface area contributed by atoms with Crippen LogP contribution in [0.25, 0.3) is 0 Å². The van der Waals surface area contributed by atoms with Crippen LogP contribution in [0.1, 0.15) is 53.4 Å². The van der Waals surface area contributed by atoms with E-state index in [9.17, 15) is 9.59 Å². The quantitative estimate of drug-likeness (QED) is 0.410. The van der Waals surface area contributed by atoms with Gasteiger partial charge in [0.15, 0.2) is 0 Å². The molecule has 4 N–H and O–H groups in total. The Hall–Kier alpha value is -1.22. The van der Waals surface area contributed by atoms with Gasteiger partial charge in [-0.15, -0.1) is 0 Å². The van der Waals surface area contributed by atoms with Crippen molar-refractivity contribution in [2.75, 3.05) is 26.4 Å². The highest BCUT2D eigenvalue weighted by atomic mass is 16.5. The number of carboxylic acid groups (broad SMARTS) is 2. The Morgan fingerprint density at radius 1 is 0.958 bits per heavy atom. The van der Waals surface area contributed by atoms with Crippen molar-refractivity contribution >= 4 is 11.9 Å². The van der Waals surface area contributed by atoms with Crippen molar-refractivity contribution in [2.45, 2.75) is 65.6 Å². The van der Waals surface area contributed by atoms with Crippen LogP contribution in [0.4, 0.5) is 0 Å². The smallest absolute Gasteiger partial charge is 0.303 e. The Kier molecular flexibility index (Phi) is 25.1. The first-order valence-corrected chi connectivity index (χ1v) is 8.12. The minimum absolute atomic E-state index is 0.00667. The Morgan fingerprint density at radius 2 is 1.38 bits per heavy atom. The highest BCUT2D eigenvalue weighted by Crippen LogP contribution is 1.90. The number of hydrogen-bond donors (Lipinski definition) is 4. The Labute approximate surface area is 144 Å². The van der Waals surface area contributed by atoms with Crippen molar-refractivity contribution in [1.29, 1.82) is 0 Å². The summed E-state index contributed by atoms with van der Waals surface area (Å²) in [5.74, 6) is -2.15. The third-order valence-electron chi connectivity index (χ3n) is 2.13. The molecule has 0 aromatic heterocycles. The summed E-state index contributed by atoms with van der Waals surface area (Å²) in [7, 11) is 0. The van der Waals surface area contributed by atoms with Crippen LogP contribution in [0.5, 0.6) is 0 Å². The van der Waals surface area contributed by atoms with Gasteiger partial charge in [0, 0.05) is 13.2 Å². The number of aliphatic hydroxyl groups excluding tert-OH is 2. The summed E-state index contributed by atoms with van der Waals surface area (Å²) < 4.78 is 10.1. The van der Waals surface area contributed by atoms with E-state index in [-0.39, 0.29) is 25.6 Å². The molecule has 0 saturated heterocycles. The lowest BCUT2D eigenvalue weighted by molar-refractivity contribution is -0.143. The normalized spacial score (nSPS) is 12.1. The van der Waals surface area contributed by atoms with Crippen LogP contribution in [-0.4, -0.2) is 71.0 Å². The van der Waals surface area contributed by atoms with Gasteiger partial charge in [-0.2, -0.15) is 0 Å². The van der Waals surface area contributed by atoms with Gasteiger partial charge in [-0.25, -0.2) is 0 Å². The van der Waals surface area contributed by atoms with Crippen molar-refractivity contribution in [3.63, 3.8) is 0 Å². The van der Waals surface area contributed by atoms with E-state index in [1.807, 2.05) is 0 Å². The van der Waals surface area contributed by atoms with E-state index in [4.69, 9.17) is 29.9 Å². The minimum atomic E-state index is -1.08. The van der Waals surface area contributed by atoms with E-state index in [0.29, 0.717) is 6.61 Å². The van der Waals surface area contributed by atoms with E-state index in [1.165, 1.54) is 0 Å². The van der Waals surface area contributed by atoms with E-state index >= 15 is 0 Å². The maximum Gasteiger partial charge on any atom is 0.303 e. The molecule has 0 aliphatic carbocycles. The van der Waals surface area contributed by atoms with Gasteiger partial charge in [0.1, 0.15) is 0 Å². The van der Waals surface area contributed by atoms with E-state index < -0.39 is 18.0 Å². The van der Waals surface area contributed by atoms with Crippen molar-refractivity contribution in [2.24, 2.45) is 0 Å². The third kappa shape index (κ3) is 37.2. The molecule has 2 unspecified atom stereocenters. The summed E-state index contributed by atoms with van der Waals surface area (Å²) in [6, 6.07) is 0. The summed E-state index contributed by atoms with van der Waals surface area (Å²) in [6.07, 6.45) is 1.07. The van der Waals surface area contributed by atoms with Gasteiger partial charge in [0.25, 0.3) is 0 Å². The monoisotopic (exact) mass is 354 g/mol. The van der Waals surface area contributed by atoms with E-state index in [0.717, 1.165) is 26.1 Å². The SMILES string of the molecule is CC(O)COC(C)CO.CCCOCCC.O=C(O)CCC(=O)O. The number of rotatable bonds is 11. The third-order valence-corrected chi connectivity index (χ3v) is 2.13. The molecule has 0 aliphatic heterocycles. The number of carboxylic acids is 2. The molecule has 0 heterocycles.